The topological polar surface area (TPSA) is 60.5 Å². The number of nitrogens with one attached hydrogen (secondary N) is 1. The van der Waals surface area contributed by atoms with Gasteiger partial charge in [0, 0.05) is 11.5 Å². The largest absolute Gasteiger partial charge is 0.497 e. The highest BCUT2D eigenvalue weighted by Crippen LogP contribution is 2.36. The predicted octanol–water partition coefficient (Wildman–Crippen LogP) is 3.30. The normalized spacial score (nSPS) is 11.4. The molecule has 108 valence electrons. The molecule has 0 aliphatic carbocycles. The van der Waals surface area contributed by atoms with Gasteiger partial charge in [-0.15, -0.1) is 0 Å². The van der Waals surface area contributed by atoms with Gasteiger partial charge in [0.25, 0.3) is 0 Å². The van der Waals surface area contributed by atoms with E-state index in [9.17, 15) is 4.79 Å². The molecule has 1 amide bonds. The van der Waals surface area contributed by atoms with Crippen LogP contribution in [-0.4, -0.2) is 25.1 Å². The van der Waals surface area contributed by atoms with Gasteiger partial charge in [-0.25, -0.2) is 4.98 Å². The minimum absolute atomic E-state index is 0.0671. The van der Waals surface area contributed by atoms with Gasteiger partial charge in [0.15, 0.2) is 5.13 Å². The van der Waals surface area contributed by atoms with Crippen LogP contribution in [0.25, 0.3) is 10.2 Å². The zero-order valence-corrected chi connectivity index (χ0v) is 13.1. The average Bonchev–Trinajstić information content (AvgIpc) is 2.78. The number of hydrogen-bond donors (Lipinski definition) is 1. The van der Waals surface area contributed by atoms with E-state index in [1.807, 2.05) is 26.8 Å². The summed E-state index contributed by atoms with van der Waals surface area (Å²) in [5.41, 5.74) is 0.266. The number of hydrogen-bond acceptors (Lipinski definition) is 5. The number of carbonyl (C=O) groups is 1. The Morgan fingerprint density at radius 3 is 2.50 bits per heavy atom. The van der Waals surface area contributed by atoms with Gasteiger partial charge in [0.1, 0.15) is 17.0 Å². The summed E-state index contributed by atoms with van der Waals surface area (Å²) in [7, 11) is 3.19. The molecule has 0 unspecified atom stereocenters. The summed E-state index contributed by atoms with van der Waals surface area (Å²) in [6.07, 6.45) is 0. The van der Waals surface area contributed by atoms with Crippen molar-refractivity contribution in [2.24, 2.45) is 5.41 Å². The maximum Gasteiger partial charge on any atom is 0.231 e. The van der Waals surface area contributed by atoms with Crippen molar-refractivity contribution in [1.29, 1.82) is 0 Å². The number of ether oxygens (including phenoxy) is 2. The Morgan fingerprint density at radius 2 is 1.95 bits per heavy atom. The first kappa shape index (κ1) is 14.6. The fraction of sp³-hybridized carbons (Fsp3) is 0.429. The third-order valence-corrected chi connectivity index (χ3v) is 3.71. The van der Waals surface area contributed by atoms with E-state index in [1.165, 1.54) is 11.3 Å². The molecule has 2 rings (SSSR count). The molecule has 0 radical (unpaired) electrons. The number of nitrogens with zero attached hydrogens (tertiary/aromatic N) is 1. The number of amides is 1. The first-order chi connectivity index (χ1) is 9.35. The molecule has 1 N–H and O–H groups in total. The van der Waals surface area contributed by atoms with Gasteiger partial charge in [-0.2, -0.15) is 0 Å². The van der Waals surface area contributed by atoms with Gasteiger partial charge in [0.05, 0.1) is 18.9 Å². The molecular formula is C14H18N2O3S. The van der Waals surface area contributed by atoms with E-state index in [2.05, 4.69) is 10.3 Å². The van der Waals surface area contributed by atoms with E-state index in [0.717, 1.165) is 10.2 Å². The lowest BCUT2D eigenvalue weighted by atomic mass is 9.96. The number of fused-ring (bicyclic) bond motifs is 1. The predicted molar refractivity (Wildman–Crippen MR) is 80.8 cm³/mol. The number of benzene rings is 1. The summed E-state index contributed by atoms with van der Waals surface area (Å²) in [5, 5.41) is 3.39. The van der Waals surface area contributed by atoms with Crippen molar-refractivity contribution < 1.29 is 14.3 Å². The molecule has 0 aliphatic heterocycles. The Balaban J connectivity index is 2.41. The molecule has 0 fully saturated rings. The number of rotatable bonds is 3. The summed E-state index contributed by atoms with van der Waals surface area (Å²) in [5.74, 6) is 1.26. The molecule has 1 heterocycles. The number of carbonyl (C=O) groups excluding carboxylic acids is 1. The van der Waals surface area contributed by atoms with Crippen LogP contribution >= 0.6 is 11.3 Å². The number of methoxy groups -OCH3 is 2. The fourth-order valence-electron chi connectivity index (χ4n) is 1.59. The molecule has 6 heteroatoms. The smallest absolute Gasteiger partial charge is 0.231 e. The van der Waals surface area contributed by atoms with Crippen LogP contribution < -0.4 is 14.8 Å². The summed E-state index contributed by atoms with van der Waals surface area (Å²) >= 11 is 1.40. The monoisotopic (exact) mass is 294 g/mol. The first-order valence-corrected chi connectivity index (χ1v) is 7.01. The quantitative estimate of drug-likeness (QED) is 0.943. The minimum Gasteiger partial charge on any atom is -0.497 e. The van der Waals surface area contributed by atoms with E-state index in [-0.39, 0.29) is 5.91 Å². The van der Waals surface area contributed by atoms with Crippen LogP contribution in [0.1, 0.15) is 20.8 Å². The Morgan fingerprint density at radius 1 is 1.25 bits per heavy atom. The number of thiazole rings is 1. The average molecular weight is 294 g/mol. The number of aromatic nitrogens is 1. The molecule has 0 bridgehead atoms. The lowest BCUT2D eigenvalue weighted by molar-refractivity contribution is -0.123. The zero-order chi connectivity index (χ0) is 14.9. The maximum atomic E-state index is 12.0. The highest BCUT2D eigenvalue weighted by molar-refractivity contribution is 7.22. The van der Waals surface area contributed by atoms with Crippen molar-refractivity contribution in [2.45, 2.75) is 20.8 Å². The molecule has 2 aromatic rings. The Labute approximate surface area is 121 Å². The van der Waals surface area contributed by atoms with Crippen molar-refractivity contribution in [3.8, 4) is 11.5 Å². The van der Waals surface area contributed by atoms with E-state index in [1.54, 1.807) is 20.3 Å². The van der Waals surface area contributed by atoms with Gasteiger partial charge in [-0.3, -0.25) is 4.79 Å². The fourth-order valence-corrected chi connectivity index (χ4v) is 2.49. The lowest BCUT2D eigenvalue weighted by Crippen LogP contribution is -2.27. The summed E-state index contributed by atoms with van der Waals surface area (Å²) in [6, 6.07) is 3.65. The van der Waals surface area contributed by atoms with E-state index < -0.39 is 5.41 Å². The van der Waals surface area contributed by atoms with Crippen LogP contribution in [0.5, 0.6) is 11.5 Å². The second-order valence-electron chi connectivity index (χ2n) is 5.40. The summed E-state index contributed by atoms with van der Waals surface area (Å²) in [4.78, 5) is 16.4. The Hall–Kier alpha value is -1.82. The van der Waals surface area contributed by atoms with Crippen molar-refractivity contribution >= 4 is 32.6 Å². The van der Waals surface area contributed by atoms with Crippen LogP contribution in [-0.2, 0) is 4.79 Å². The van der Waals surface area contributed by atoms with Crippen LogP contribution in [0, 0.1) is 5.41 Å². The molecule has 1 aromatic carbocycles. The van der Waals surface area contributed by atoms with Crippen molar-refractivity contribution in [3.05, 3.63) is 12.1 Å². The van der Waals surface area contributed by atoms with Crippen molar-refractivity contribution in [2.75, 3.05) is 19.5 Å². The lowest BCUT2D eigenvalue weighted by Gasteiger charge is -2.15. The maximum absolute atomic E-state index is 12.0. The summed E-state index contributed by atoms with van der Waals surface area (Å²) < 4.78 is 11.4. The highest BCUT2D eigenvalue weighted by Gasteiger charge is 2.22. The molecule has 0 saturated heterocycles. The minimum atomic E-state index is -0.459. The molecule has 0 aliphatic rings. The summed E-state index contributed by atoms with van der Waals surface area (Å²) in [6.45, 7) is 5.58. The standard InChI is InChI=1S/C14H18N2O3S/c1-14(2,3)12(17)16-13-15-11-9(19-5)6-8(18-4)7-10(11)20-13/h6-7H,1-5H3,(H,15,16,17). The van der Waals surface area contributed by atoms with Crippen molar-refractivity contribution in [3.63, 3.8) is 0 Å². The van der Waals surface area contributed by atoms with E-state index in [4.69, 9.17) is 9.47 Å². The second-order valence-corrected chi connectivity index (χ2v) is 6.43. The number of anilines is 1. The molecular weight excluding hydrogens is 276 g/mol. The van der Waals surface area contributed by atoms with Crippen LogP contribution in [0.2, 0.25) is 0 Å². The zero-order valence-electron chi connectivity index (χ0n) is 12.2. The molecule has 1 aromatic heterocycles. The van der Waals surface area contributed by atoms with E-state index >= 15 is 0 Å². The van der Waals surface area contributed by atoms with Gasteiger partial charge >= 0.3 is 0 Å². The molecule has 0 saturated carbocycles. The molecule has 5 nitrogen and oxygen atoms in total. The first-order valence-electron chi connectivity index (χ1n) is 6.19. The SMILES string of the molecule is COc1cc(OC)c2nc(NC(=O)C(C)(C)C)sc2c1. The highest BCUT2D eigenvalue weighted by atomic mass is 32.1. The van der Waals surface area contributed by atoms with Crippen molar-refractivity contribution in [1.82, 2.24) is 4.98 Å². The molecule has 0 spiro atoms. The van der Waals surface area contributed by atoms with Gasteiger partial charge < -0.3 is 14.8 Å². The van der Waals surface area contributed by atoms with Gasteiger partial charge in [-0.05, 0) is 6.07 Å². The van der Waals surface area contributed by atoms with Crippen LogP contribution in [0.3, 0.4) is 0 Å². The molecule has 0 atom stereocenters. The van der Waals surface area contributed by atoms with Gasteiger partial charge in [0.2, 0.25) is 5.91 Å². The molecule has 20 heavy (non-hydrogen) atoms. The Bertz CT molecular complexity index is 644. The Kier molecular flexibility index (Phi) is 3.85. The van der Waals surface area contributed by atoms with Crippen LogP contribution in [0.4, 0.5) is 5.13 Å². The second kappa shape index (κ2) is 5.28. The third kappa shape index (κ3) is 2.85. The third-order valence-electron chi connectivity index (χ3n) is 2.79. The van der Waals surface area contributed by atoms with E-state index in [0.29, 0.717) is 16.6 Å². The van der Waals surface area contributed by atoms with Crippen LogP contribution in [0.15, 0.2) is 12.1 Å². The van der Waals surface area contributed by atoms with Gasteiger partial charge in [-0.1, -0.05) is 32.1 Å².